The highest BCUT2D eigenvalue weighted by Crippen LogP contribution is 2.37. The number of aromatic hydroxyl groups is 2. The molecule has 3 rings (SSSR count). The van der Waals surface area contributed by atoms with Crippen molar-refractivity contribution >= 4 is 21.5 Å². The summed E-state index contributed by atoms with van der Waals surface area (Å²) in [4.78, 5) is 0. The third-order valence-corrected chi connectivity index (χ3v) is 3.62. The van der Waals surface area contributed by atoms with E-state index in [9.17, 15) is 10.2 Å². The molecule has 3 aromatic carbocycles. The van der Waals surface area contributed by atoms with Gasteiger partial charge in [0.15, 0.2) is 0 Å². The zero-order chi connectivity index (χ0) is 13.6. The maximum Gasteiger partial charge on any atom is 0.124 e. The van der Waals surface area contributed by atoms with Crippen molar-refractivity contribution < 1.29 is 10.2 Å². The van der Waals surface area contributed by atoms with E-state index >= 15 is 0 Å². The van der Waals surface area contributed by atoms with Crippen molar-refractivity contribution in [1.82, 2.24) is 0 Å². The smallest absolute Gasteiger partial charge is 0.124 e. The third-order valence-electron chi connectivity index (χ3n) is 3.62. The van der Waals surface area contributed by atoms with Crippen LogP contribution in [0.4, 0.5) is 0 Å². The second-order valence-corrected chi connectivity index (χ2v) is 5.22. The zero-order valence-corrected chi connectivity index (χ0v) is 11.0. The van der Waals surface area contributed by atoms with E-state index in [-0.39, 0.29) is 11.5 Å². The topological polar surface area (TPSA) is 40.5 Å². The van der Waals surface area contributed by atoms with Gasteiger partial charge < -0.3 is 10.2 Å². The monoisotopic (exact) mass is 252 g/mol. The summed E-state index contributed by atoms with van der Waals surface area (Å²) in [5, 5.41) is 23.6. The predicted molar refractivity (Wildman–Crippen MR) is 78.9 cm³/mol. The lowest BCUT2D eigenvalue weighted by Crippen LogP contribution is -1.90. The van der Waals surface area contributed by atoms with Crippen LogP contribution in [0.3, 0.4) is 0 Å². The largest absolute Gasteiger partial charge is 0.508 e. The van der Waals surface area contributed by atoms with Gasteiger partial charge in [0.2, 0.25) is 0 Å². The fourth-order valence-corrected chi connectivity index (χ4v) is 2.67. The van der Waals surface area contributed by atoms with Crippen molar-refractivity contribution in [2.45, 2.75) is 19.8 Å². The van der Waals surface area contributed by atoms with E-state index in [0.29, 0.717) is 5.92 Å². The van der Waals surface area contributed by atoms with Crippen LogP contribution in [-0.4, -0.2) is 10.2 Å². The Morgan fingerprint density at radius 2 is 1.58 bits per heavy atom. The van der Waals surface area contributed by atoms with Crippen LogP contribution in [-0.2, 0) is 0 Å². The molecule has 0 aromatic heterocycles. The Kier molecular flexibility index (Phi) is 2.59. The molecule has 0 aliphatic carbocycles. The van der Waals surface area contributed by atoms with E-state index in [0.717, 1.165) is 21.5 Å². The summed E-state index contributed by atoms with van der Waals surface area (Å²) in [5.74, 6) is 0.864. The van der Waals surface area contributed by atoms with E-state index in [1.54, 1.807) is 18.2 Å². The first kappa shape index (κ1) is 11.8. The van der Waals surface area contributed by atoms with Gasteiger partial charge in [-0.05, 0) is 45.8 Å². The van der Waals surface area contributed by atoms with Crippen LogP contribution in [0.5, 0.6) is 11.5 Å². The Bertz CT molecular complexity index is 773. The minimum atomic E-state index is 0.217. The molecule has 0 bridgehead atoms. The van der Waals surface area contributed by atoms with Crippen LogP contribution in [0.2, 0.25) is 0 Å². The summed E-state index contributed by atoms with van der Waals surface area (Å²) in [6.45, 7) is 4.27. The highest BCUT2D eigenvalue weighted by atomic mass is 16.3. The van der Waals surface area contributed by atoms with Gasteiger partial charge in [0.1, 0.15) is 11.5 Å². The average Bonchev–Trinajstić information content (AvgIpc) is 2.38. The van der Waals surface area contributed by atoms with Gasteiger partial charge in [0.25, 0.3) is 0 Å². The molecule has 3 aromatic rings. The fraction of sp³-hybridized carbons (Fsp3) is 0.176. The summed E-state index contributed by atoms with van der Waals surface area (Å²) >= 11 is 0. The van der Waals surface area contributed by atoms with Gasteiger partial charge in [-0.3, -0.25) is 0 Å². The van der Waals surface area contributed by atoms with Gasteiger partial charge in [-0.15, -0.1) is 0 Å². The summed E-state index contributed by atoms with van der Waals surface area (Å²) in [5.41, 5.74) is 1.21. The standard InChI is InChI=1S/C17H16O2/c1-10(2)13-7-8-16(19)17-14(13)6-4-11-3-5-12(18)9-15(11)17/h3-10,18-19H,1-2H3. The van der Waals surface area contributed by atoms with E-state index in [4.69, 9.17) is 0 Å². The van der Waals surface area contributed by atoms with Gasteiger partial charge in [-0.1, -0.05) is 38.1 Å². The molecule has 0 saturated heterocycles. The Hall–Kier alpha value is -2.22. The molecular formula is C17H16O2. The number of fused-ring (bicyclic) bond motifs is 3. The van der Waals surface area contributed by atoms with E-state index in [2.05, 4.69) is 13.8 Å². The van der Waals surface area contributed by atoms with Crippen molar-refractivity contribution in [2.75, 3.05) is 0 Å². The predicted octanol–water partition coefficient (Wildman–Crippen LogP) is 4.53. The lowest BCUT2D eigenvalue weighted by Gasteiger charge is -2.13. The lowest BCUT2D eigenvalue weighted by molar-refractivity contribution is 0.476. The van der Waals surface area contributed by atoms with Gasteiger partial charge in [0, 0.05) is 5.39 Å². The molecule has 96 valence electrons. The molecule has 0 aliphatic rings. The molecule has 0 heterocycles. The Morgan fingerprint density at radius 1 is 0.842 bits per heavy atom. The number of benzene rings is 3. The molecule has 2 heteroatoms. The molecule has 0 aliphatic heterocycles. The van der Waals surface area contributed by atoms with Crippen molar-refractivity contribution in [1.29, 1.82) is 0 Å². The number of rotatable bonds is 1. The Morgan fingerprint density at radius 3 is 2.32 bits per heavy atom. The van der Waals surface area contributed by atoms with Crippen molar-refractivity contribution in [3.05, 3.63) is 48.0 Å². The van der Waals surface area contributed by atoms with Gasteiger partial charge in [-0.2, -0.15) is 0 Å². The molecule has 0 unspecified atom stereocenters. The van der Waals surface area contributed by atoms with E-state index in [1.807, 2.05) is 24.3 Å². The minimum Gasteiger partial charge on any atom is -0.508 e. The summed E-state index contributed by atoms with van der Waals surface area (Å²) in [6, 6.07) is 13.0. The maximum absolute atomic E-state index is 10.2. The molecule has 2 nitrogen and oxygen atoms in total. The quantitative estimate of drug-likeness (QED) is 0.625. The van der Waals surface area contributed by atoms with Crippen LogP contribution in [0, 0.1) is 0 Å². The highest BCUT2D eigenvalue weighted by Gasteiger charge is 2.11. The van der Waals surface area contributed by atoms with Crippen LogP contribution in [0.15, 0.2) is 42.5 Å². The molecule has 0 radical (unpaired) electrons. The Labute approximate surface area is 111 Å². The van der Waals surface area contributed by atoms with Crippen LogP contribution in [0.25, 0.3) is 21.5 Å². The van der Waals surface area contributed by atoms with Crippen LogP contribution >= 0.6 is 0 Å². The third kappa shape index (κ3) is 1.80. The summed E-state index contributed by atoms with van der Waals surface area (Å²) in [7, 11) is 0. The number of phenolic OH excluding ortho intramolecular Hbond substituents is 2. The van der Waals surface area contributed by atoms with Crippen molar-refractivity contribution in [3.8, 4) is 11.5 Å². The number of hydrogen-bond acceptors (Lipinski definition) is 2. The van der Waals surface area contributed by atoms with Crippen LogP contribution in [0.1, 0.15) is 25.3 Å². The average molecular weight is 252 g/mol. The SMILES string of the molecule is CC(C)c1ccc(O)c2c1ccc1ccc(O)cc12. The van der Waals surface area contributed by atoms with Crippen LogP contribution < -0.4 is 0 Å². The maximum atomic E-state index is 10.2. The van der Waals surface area contributed by atoms with Crippen molar-refractivity contribution in [3.63, 3.8) is 0 Å². The number of phenols is 2. The second kappa shape index (κ2) is 4.16. The highest BCUT2D eigenvalue weighted by molar-refractivity contribution is 6.11. The Balaban J connectivity index is 2.54. The first-order chi connectivity index (χ1) is 9.08. The molecule has 0 spiro atoms. The number of hydrogen-bond donors (Lipinski definition) is 2. The van der Waals surface area contributed by atoms with Gasteiger partial charge in [0.05, 0.1) is 0 Å². The molecule has 19 heavy (non-hydrogen) atoms. The molecule has 0 amide bonds. The first-order valence-corrected chi connectivity index (χ1v) is 6.45. The fourth-order valence-electron chi connectivity index (χ4n) is 2.67. The summed E-state index contributed by atoms with van der Waals surface area (Å²) in [6.07, 6.45) is 0. The summed E-state index contributed by atoms with van der Waals surface area (Å²) < 4.78 is 0. The normalized spacial score (nSPS) is 11.5. The minimum absolute atomic E-state index is 0.217. The molecule has 0 saturated carbocycles. The first-order valence-electron chi connectivity index (χ1n) is 6.45. The molecule has 0 atom stereocenters. The zero-order valence-electron chi connectivity index (χ0n) is 11.0. The molecule has 0 fully saturated rings. The van der Waals surface area contributed by atoms with Crippen molar-refractivity contribution in [2.24, 2.45) is 0 Å². The van der Waals surface area contributed by atoms with E-state index < -0.39 is 0 Å². The van der Waals surface area contributed by atoms with Gasteiger partial charge in [-0.25, -0.2) is 0 Å². The van der Waals surface area contributed by atoms with E-state index in [1.165, 1.54) is 5.56 Å². The molecule has 2 N–H and O–H groups in total. The lowest BCUT2D eigenvalue weighted by atomic mass is 9.92. The second-order valence-electron chi connectivity index (χ2n) is 5.22. The molecular weight excluding hydrogens is 236 g/mol. The van der Waals surface area contributed by atoms with Gasteiger partial charge >= 0.3 is 0 Å².